The van der Waals surface area contributed by atoms with E-state index in [4.69, 9.17) is 23.2 Å². The zero-order valence-electron chi connectivity index (χ0n) is 11.8. The number of nitrogens with zero attached hydrogens (tertiary/aromatic N) is 1. The highest BCUT2D eigenvalue weighted by atomic mass is 35.5. The molecule has 1 aliphatic heterocycles. The van der Waals surface area contributed by atoms with Crippen LogP contribution in [-0.2, 0) is 11.2 Å². The first-order valence-corrected chi connectivity index (χ1v) is 7.65. The molecule has 20 heavy (non-hydrogen) atoms. The molecule has 110 valence electrons. The maximum atomic E-state index is 12.0. The molecule has 1 fully saturated rings. The maximum absolute atomic E-state index is 12.0. The zero-order chi connectivity index (χ0) is 14.7. The Balaban J connectivity index is 2.14. The number of rotatable bonds is 4. The average Bonchev–Trinajstić information content (AvgIpc) is 2.37. The van der Waals surface area contributed by atoms with Gasteiger partial charge in [-0.2, -0.15) is 0 Å². The lowest BCUT2D eigenvalue weighted by molar-refractivity contribution is -0.122. The number of ketones is 1. The summed E-state index contributed by atoms with van der Waals surface area (Å²) in [4.78, 5) is 14.2. The average molecular weight is 315 g/mol. The number of halogens is 2. The van der Waals surface area contributed by atoms with Crippen LogP contribution in [-0.4, -0.2) is 42.4 Å². The topological polar surface area (TPSA) is 32.3 Å². The molecule has 0 unspecified atom stereocenters. The predicted octanol–water partition coefficient (Wildman–Crippen LogP) is 2.79. The summed E-state index contributed by atoms with van der Waals surface area (Å²) < 4.78 is 0. The van der Waals surface area contributed by atoms with Crippen LogP contribution in [0.1, 0.15) is 19.4 Å². The molecule has 1 heterocycles. The minimum absolute atomic E-state index is 0.113. The van der Waals surface area contributed by atoms with Gasteiger partial charge in [0.25, 0.3) is 0 Å². The van der Waals surface area contributed by atoms with Crippen LogP contribution in [0.4, 0.5) is 0 Å². The quantitative estimate of drug-likeness (QED) is 0.927. The molecule has 1 aromatic carbocycles. The van der Waals surface area contributed by atoms with E-state index < -0.39 is 0 Å². The fourth-order valence-corrected chi connectivity index (χ4v) is 3.16. The molecule has 3 nitrogen and oxygen atoms in total. The van der Waals surface area contributed by atoms with Crippen molar-refractivity contribution < 1.29 is 4.79 Å². The molecule has 0 aliphatic carbocycles. The van der Waals surface area contributed by atoms with E-state index in [1.54, 1.807) is 13.0 Å². The van der Waals surface area contributed by atoms with Crippen molar-refractivity contribution >= 4 is 29.0 Å². The van der Waals surface area contributed by atoms with Crippen LogP contribution in [0.2, 0.25) is 10.0 Å². The third-order valence-electron chi connectivity index (χ3n) is 3.74. The van der Waals surface area contributed by atoms with Gasteiger partial charge in [-0.15, -0.1) is 0 Å². The number of carbonyl (C=O) groups excluding carboxylic acids is 1. The first kappa shape index (κ1) is 15.8. The van der Waals surface area contributed by atoms with E-state index >= 15 is 0 Å². The van der Waals surface area contributed by atoms with Gasteiger partial charge in [-0.25, -0.2) is 0 Å². The largest absolute Gasteiger partial charge is 0.312 e. The van der Waals surface area contributed by atoms with Gasteiger partial charge in [-0.3, -0.25) is 9.69 Å². The highest BCUT2D eigenvalue weighted by Gasteiger charge is 2.27. The van der Waals surface area contributed by atoms with Crippen molar-refractivity contribution in [2.75, 3.05) is 19.6 Å². The summed E-state index contributed by atoms with van der Waals surface area (Å²) in [6, 6.07) is 5.76. The number of piperazine rings is 1. The Hall–Kier alpha value is -0.610. The molecule has 1 aromatic rings. The molecule has 0 amide bonds. The SMILES string of the molecule is CC(=O)[C@H](Cc1ccc(Cl)cc1Cl)N1CCN[C@@H](C)C1. The van der Waals surface area contributed by atoms with Crippen molar-refractivity contribution in [2.24, 2.45) is 0 Å². The molecule has 0 bridgehead atoms. The Bertz CT molecular complexity index is 493. The Morgan fingerprint density at radius 3 is 2.85 bits per heavy atom. The van der Waals surface area contributed by atoms with Gasteiger partial charge in [0.1, 0.15) is 5.78 Å². The van der Waals surface area contributed by atoms with Crippen LogP contribution in [0.5, 0.6) is 0 Å². The van der Waals surface area contributed by atoms with Gasteiger partial charge in [-0.1, -0.05) is 29.3 Å². The Labute approximate surface area is 130 Å². The van der Waals surface area contributed by atoms with E-state index in [0.29, 0.717) is 22.5 Å². The van der Waals surface area contributed by atoms with Gasteiger partial charge in [0, 0.05) is 35.7 Å². The molecule has 1 N–H and O–H groups in total. The van der Waals surface area contributed by atoms with Crippen molar-refractivity contribution in [3.8, 4) is 0 Å². The van der Waals surface area contributed by atoms with E-state index in [9.17, 15) is 4.79 Å². The van der Waals surface area contributed by atoms with Crippen LogP contribution in [0.15, 0.2) is 18.2 Å². The molecular weight excluding hydrogens is 295 g/mol. The summed E-state index contributed by atoms with van der Waals surface area (Å²) in [5.74, 6) is 0.185. The lowest BCUT2D eigenvalue weighted by atomic mass is 10.00. The summed E-state index contributed by atoms with van der Waals surface area (Å²) >= 11 is 12.1. The van der Waals surface area contributed by atoms with Gasteiger partial charge < -0.3 is 5.32 Å². The van der Waals surface area contributed by atoms with E-state index in [-0.39, 0.29) is 11.8 Å². The third kappa shape index (κ3) is 3.95. The van der Waals surface area contributed by atoms with E-state index in [2.05, 4.69) is 17.1 Å². The zero-order valence-corrected chi connectivity index (χ0v) is 13.3. The summed E-state index contributed by atoms with van der Waals surface area (Å²) in [6.07, 6.45) is 0.637. The van der Waals surface area contributed by atoms with E-state index in [0.717, 1.165) is 25.2 Å². The summed E-state index contributed by atoms with van der Waals surface area (Å²) in [5.41, 5.74) is 0.974. The van der Waals surface area contributed by atoms with Crippen LogP contribution < -0.4 is 5.32 Å². The molecule has 2 atom stereocenters. The van der Waals surface area contributed by atoms with Crippen molar-refractivity contribution in [2.45, 2.75) is 32.4 Å². The highest BCUT2D eigenvalue weighted by molar-refractivity contribution is 6.35. The first-order chi connectivity index (χ1) is 9.47. The number of benzene rings is 1. The fraction of sp³-hybridized carbons (Fsp3) is 0.533. The lowest BCUT2D eigenvalue weighted by Crippen LogP contribution is -2.55. The van der Waals surface area contributed by atoms with Crippen LogP contribution in [0.25, 0.3) is 0 Å². The van der Waals surface area contributed by atoms with Crippen LogP contribution >= 0.6 is 23.2 Å². The normalized spacial score (nSPS) is 21.7. The smallest absolute Gasteiger partial charge is 0.147 e. The molecule has 2 rings (SSSR count). The summed E-state index contributed by atoms with van der Waals surface area (Å²) in [5, 5.41) is 4.64. The molecule has 5 heteroatoms. The highest BCUT2D eigenvalue weighted by Crippen LogP contribution is 2.23. The van der Waals surface area contributed by atoms with E-state index in [1.165, 1.54) is 0 Å². The number of nitrogens with one attached hydrogen (secondary N) is 1. The Morgan fingerprint density at radius 2 is 2.25 bits per heavy atom. The minimum atomic E-state index is -0.113. The molecule has 1 aliphatic rings. The standard InChI is InChI=1S/C15H20Cl2N2O/c1-10-9-19(6-5-18-10)15(11(2)20)7-12-3-4-13(16)8-14(12)17/h3-4,8,10,15,18H,5-7,9H2,1-2H3/t10-,15-/m0/s1. The number of hydrogen-bond acceptors (Lipinski definition) is 3. The predicted molar refractivity (Wildman–Crippen MR) is 83.7 cm³/mol. The minimum Gasteiger partial charge on any atom is -0.312 e. The maximum Gasteiger partial charge on any atom is 0.147 e. The number of Topliss-reactive ketones (excluding diaryl/α,β-unsaturated/α-hetero) is 1. The summed E-state index contributed by atoms with van der Waals surface area (Å²) in [7, 11) is 0. The van der Waals surface area contributed by atoms with Gasteiger partial charge in [0.2, 0.25) is 0 Å². The van der Waals surface area contributed by atoms with Gasteiger partial charge in [0.15, 0.2) is 0 Å². The monoisotopic (exact) mass is 314 g/mol. The number of carbonyl (C=O) groups is 1. The molecule has 0 aromatic heterocycles. The van der Waals surface area contributed by atoms with Crippen molar-refractivity contribution in [1.29, 1.82) is 0 Å². The second kappa shape index (κ2) is 6.90. The third-order valence-corrected chi connectivity index (χ3v) is 4.33. The van der Waals surface area contributed by atoms with Crippen molar-refractivity contribution in [3.05, 3.63) is 33.8 Å². The Morgan fingerprint density at radius 1 is 1.50 bits per heavy atom. The van der Waals surface area contributed by atoms with Crippen LogP contribution in [0, 0.1) is 0 Å². The lowest BCUT2D eigenvalue weighted by Gasteiger charge is -2.36. The summed E-state index contributed by atoms with van der Waals surface area (Å²) in [6.45, 7) is 6.48. The first-order valence-electron chi connectivity index (χ1n) is 6.89. The molecule has 0 radical (unpaired) electrons. The van der Waals surface area contributed by atoms with Crippen molar-refractivity contribution in [1.82, 2.24) is 10.2 Å². The molecule has 0 saturated carbocycles. The number of hydrogen-bond donors (Lipinski definition) is 1. The Kier molecular flexibility index (Phi) is 5.44. The fourth-order valence-electron chi connectivity index (χ4n) is 2.67. The van der Waals surface area contributed by atoms with E-state index in [1.807, 2.05) is 12.1 Å². The van der Waals surface area contributed by atoms with Crippen molar-refractivity contribution in [3.63, 3.8) is 0 Å². The molecule has 1 saturated heterocycles. The second-order valence-corrected chi connectivity index (χ2v) is 6.26. The van der Waals surface area contributed by atoms with Gasteiger partial charge in [0.05, 0.1) is 6.04 Å². The second-order valence-electron chi connectivity index (χ2n) is 5.42. The molecule has 0 spiro atoms. The molecular formula is C15H20Cl2N2O. The van der Waals surface area contributed by atoms with Gasteiger partial charge >= 0.3 is 0 Å². The van der Waals surface area contributed by atoms with Gasteiger partial charge in [-0.05, 0) is 38.0 Å². The van der Waals surface area contributed by atoms with Crippen LogP contribution in [0.3, 0.4) is 0 Å².